The molecule has 0 spiro atoms. The lowest BCUT2D eigenvalue weighted by Gasteiger charge is -2.28. The number of carbonyl (C=O) groups is 1. The van der Waals surface area contributed by atoms with Gasteiger partial charge in [0.05, 0.1) is 5.41 Å². The highest BCUT2D eigenvalue weighted by Crippen LogP contribution is 2.41. The fourth-order valence-corrected chi connectivity index (χ4v) is 4.71. The van der Waals surface area contributed by atoms with Crippen molar-refractivity contribution < 1.29 is 4.79 Å². The summed E-state index contributed by atoms with van der Waals surface area (Å²) < 4.78 is 2.25. The molecule has 27 heavy (non-hydrogen) atoms. The van der Waals surface area contributed by atoms with Crippen LogP contribution in [0.3, 0.4) is 0 Å². The minimum Gasteiger partial charge on any atom is -0.355 e. The van der Waals surface area contributed by atoms with Gasteiger partial charge in [0.25, 0.3) is 0 Å². The molecule has 0 saturated heterocycles. The maximum Gasteiger partial charge on any atom is 0.230 e. The van der Waals surface area contributed by atoms with Gasteiger partial charge in [-0.15, -0.1) is 10.2 Å². The van der Waals surface area contributed by atoms with Gasteiger partial charge in [-0.25, -0.2) is 0 Å². The van der Waals surface area contributed by atoms with E-state index in [1.165, 1.54) is 19.3 Å². The SMILES string of the molecule is O=C(NCCc1nnc2n1CCCCC2)C1(c2ccc(Cl)cc2)CCCC1. The van der Waals surface area contributed by atoms with Gasteiger partial charge in [0, 0.05) is 31.0 Å². The summed E-state index contributed by atoms with van der Waals surface area (Å²) in [5.74, 6) is 2.24. The molecular formula is C21H27ClN4O. The van der Waals surface area contributed by atoms with Crippen molar-refractivity contribution in [2.24, 2.45) is 0 Å². The van der Waals surface area contributed by atoms with Gasteiger partial charge >= 0.3 is 0 Å². The first-order valence-corrected chi connectivity index (χ1v) is 10.5. The zero-order valence-corrected chi connectivity index (χ0v) is 16.5. The molecule has 0 radical (unpaired) electrons. The molecule has 1 saturated carbocycles. The van der Waals surface area contributed by atoms with Crippen molar-refractivity contribution in [3.63, 3.8) is 0 Å². The quantitative estimate of drug-likeness (QED) is 0.849. The number of rotatable bonds is 5. The number of aromatic nitrogens is 3. The molecule has 1 amide bonds. The third-order valence-corrected chi connectivity index (χ3v) is 6.36. The zero-order valence-electron chi connectivity index (χ0n) is 15.7. The smallest absolute Gasteiger partial charge is 0.230 e. The number of benzene rings is 1. The molecule has 1 fully saturated rings. The normalized spacial score (nSPS) is 18.7. The molecule has 0 unspecified atom stereocenters. The average Bonchev–Trinajstić information content (AvgIpc) is 3.25. The second kappa shape index (κ2) is 8.01. The molecule has 1 aliphatic carbocycles. The van der Waals surface area contributed by atoms with Gasteiger partial charge in [-0.3, -0.25) is 4.79 Å². The zero-order chi connectivity index (χ0) is 18.7. The third kappa shape index (κ3) is 3.75. The Bertz CT molecular complexity index is 793. The van der Waals surface area contributed by atoms with E-state index in [9.17, 15) is 4.79 Å². The topological polar surface area (TPSA) is 59.8 Å². The van der Waals surface area contributed by atoms with Crippen LogP contribution in [0.5, 0.6) is 0 Å². The summed E-state index contributed by atoms with van der Waals surface area (Å²) in [4.78, 5) is 13.1. The average molecular weight is 387 g/mol. The Morgan fingerprint density at radius 1 is 1.07 bits per heavy atom. The van der Waals surface area contributed by atoms with Crippen LogP contribution in [-0.4, -0.2) is 27.2 Å². The number of halogens is 1. The van der Waals surface area contributed by atoms with Gasteiger partial charge in [-0.2, -0.15) is 0 Å². The van der Waals surface area contributed by atoms with E-state index in [-0.39, 0.29) is 5.91 Å². The number of nitrogens with one attached hydrogen (secondary N) is 1. The van der Waals surface area contributed by atoms with Crippen LogP contribution in [0.1, 0.15) is 62.2 Å². The standard InChI is InChI=1S/C21H27ClN4O/c22-17-9-7-16(8-10-17)21(12-3-4-13-21)20(27)23-14-11-19-25-24-18-6-2-1-5-15-26(18)19/h7-10H,1-6,11-15H2,(H,23,27). The van der Waals surface area contributed by atoms with Crippen LogP contribution in [0.15, 0.2) is 24.3 Å². The van der Waals surface area contributed by atoms with Crippen molar-refractivity contribution in [3.8, 4) is 0 Å². The summed E-state index contributed by atoms with van der Waals surface area (Å²) in [6.45, 7) is 1.60. The molecule has 2 heterocycles. The Morgan fingerprint density at radius 2 is 1.85 bits per heavy atom. The van der Waals surface area contributed by atoms with Crippen LogP contribution in [0.25, 0.3) is 0 Å². The summed E-state index contributed by atoms with van der Waals surface area (Å²) >= 11 is 6.04. The van der Waals surface area contributed by atoms with E-state index in [0.717, 1.165) is 62.3 Å². The molecular weight excluding hydrogens is 360 g/mol. The number of hydrogen-bond donors (Lipinski definition) is 1. The first kappa shape index (κ1) is 18.5. The first-order valence-electron chi connectivity index (χ1n) is 10.1. The lowest BCUT2D eigenvalue weighted by molar-refractivity contribution is -0.126. The number of aryl methyl sites for hydroxylation is 1. The molecule has 0 bridgehead atoms. The minimum atomic E-state index is -0.410. The lowest BCUT2D eigenvalue weighted by atomic mass is 9.78. The number of fused-ring (bicyclic) bond motifs is 1. The monoisotopic (exact) mass is 386 g/mol. The van der Waals surface area contributed by atoms with Crippen LogP contribution in [0.2, 0.25) is 5.02 Å². The van der Waals surface area contributed by atoms with Gasteiger partial charge in [0.15, 0.2) is 0 Å². The molecule has 144 valence electrons. The number of nitrogens with zero attached hydrogens (tertiary/aromatic N) is 3. The van der Waals surface area contributed by atoms with Gasteiger partial charge in [-0.1, -0.05) is 43.0 Å². The highest BCUT2D eigenvalue weighted by molar-refractivity contribution is 6.30. The number of amides is 1. The summed E-state index contributed by atoms with van der Waals surface area (Å²) in [6.07, 6.45) is 9.36. The van der Waals surface area contributed by atoms with Crippen molar-refractivity contribution >= 4 is 17.5 Å². The molecule has 6 heteroatoms. The fraction of sp³-hybridized carbons (Fsp3) is 0.571. The van der Waals surface area contributed by atoms with Crippen molar-refractivity contribution in [3.05, 3.63) is 46.5 Å². The van der Waals surface area contributed by atoms with E-state index in [2.05, 4.69) is 20.1 Å². The van der Waals surface area contributed by atoms with Crippen LogP contribution in [0.4, 0.5) is 0 Å². The fourth-order valence-electron chi connectivity index (χ4n) is 4.58. The molecule has 5 nitrogen and oxygen atoms in total. The largest absolute Gasteiger partial charge is 0.355 e. The second-order valence-corrected chi connectivity index (χ2v) is 8.23. The lowest BCUT2D eigenvalue weighted by Crippen LogP contribution is -2.43. The molecule has 1 aromatic heterocycles. The van der Waals surface area contributed by atoms with Crippen molar-refractivity contribution in [2.75, 3.05) is 6.54 Å². The summed E-state index contributed by atoms with van der Waals surface area (Å²) in [7, 11) is 0. The predicted molar refractivity (Wildman–Crippen MR) is 106 cm³/mol. The van der Waals surface area contributed by atoms with E-state index in [1.807, 2.05) is 24.3 Å². The van der Waals surface area contributed by atoms with Gasteiger partial charge < -0.3 is 9.88 Å². The molecule has 1 aromatic carbocycles. The van der Waals surface area contributed by atoms with Crippen molar-refractivity contribution in [1.82, 2.24) is 20.1 Å². The highest BCUT2D eigenvalue weighted by atomic mass is 35.5. The maximum absolute atomic E-state index is 13.1. The molecule has 2 aromatic rings. The number of hydrogen-bond acceptors (Lipinski definition) is 3. The third-order valence-electron chi connectivity index (χ3n) is 6.11. The highest BCUT2D eigenvalue weighted by Gasteiger charge is 2.42. The molecule has 2 aliphatic rings. The molecule has 1 N–H and O–H groups in total. The summed E-state index contributed by atoms with van der Waals surface area (Å²) in [6, 6.07) is 7.78. The Hall–Kier alpha value is -1.88. The van der Waals surface area contributed by atoms with E-state index in [0.29, 0.717) is 11.6 Å². The first-order chi connectivity index (χ1) is 13.2. The Kier molecular flexibility index (Phi) is 5.48. The van der Waals surface area contributed by atoms with Crippen LogP contribution in [0, 0.1) is 0 Å². The van der Waals surface area contributed by atoms with E-state index >= 15 is 0 Å². The Labute approximate surface area is 165 Å². The van der Waals surface area contributed by atoms with Crippen molar-refractivity contribution in [1.29, 1.82) is 0 Å². The van der Waals surface area contributed by atoms with Gasteiger partial charge in [0.2, 0.25) is 5.91 Å². The van der Waals surface area contributed by atoms with Crippen molar-refractivity contribution in [2.45, 2.75) is 69.7 Å². The maximum atomic E-state index is 13.1. The predicted octanol–water partition coefficient (Wildman–Crippen LogP) is 3.83. The molecule has 1 aliphatic heterocycles. The molecule has 4 rings (SSSR count). The Morgan fingerprint density at radius 3 is 2.63 bits per heavy atom. The number of carbonyl (C=O) groups excluding carboxylic acids is 1. The van der Waals surface area contributed by atoms with Crippen LogP contribution < -0.4 is 5.32 Å². The van der Waals surface area contributed by atoms with Crippen LogP contribution >= 0.6 is 11.6 Å². The van der Waals surface area contributed by atoms with E-state index < -0.39 is 5.41 Å². The van der Waals surface area contributed by atoms with Gasteiger partial charge in [0.1, 0.15) is 11.6 Å². The minimum absolute atomic E-state index is 0.137. The summed E-state index contributed by atoms with van der Waals surface area (Å²) in [5.41, 5.74) is 0.671. The second-order valence-electron chi connectivity index (χ2n) is 7.80. The van der Waals surface area contributed by atoms with Gasteiger partial charge in [-0.05, 0) is 43.4 Å². The Balaban J connectivity index is 1.42. The molecule has 0 atom stereocenters. The van der Waals surface area contributed by atoms with E-state index in [4.69, 9.17) is 11.6 Å². The van der Waals surface area contributed by atoms with Crippen LogP contribution in [-0.2, 0) is 29.6 Å². The van der Waals surface area contributed by atoms with E-state index in [1.54, 1.807) is 0 Å². The summed E-state index contributed by atoms with van der Waals surface area (Å²) in [5, 5.41) is 12.6.